The second kappa shape index (κ2) is 3.87. The van der Waals surface area contributed by atoms with Gasteiger partial charge in [-0.05, 0) is 18.2 Å². The molecule has 4 aromatic rings. The minimum Gasteiger partial charge on any atom is -0.384 e. The van der Waals surface area contributed by atoms with E-state index in [1.807, 2.05) is 19.2 Å². The van der Waals surface area contributed by atoms with Gasteiger partial charge in [-0.25, -0.2) is 0 Å². The summed E-state index contributed by atoms with van der Waals surface area (Å²) in [6.07, 6.45) is 0. The number of fused-ring (bicyclic) bond motifs is 3. The van der Waals surface area contributed by atoms with Crippen LogP contribution in [-0.4, -0.2) is 14.8 Å². The molecular formula is C16H14N4. The maximum Gasteiger partial charge on any atom is 0.121 e. The minimum absolute atomic E-state index is 0.666. The number of nitrogens with two attached hydrogens (primary N) is 1. The Bertz CT molecular complexity index is 911. The van der Waals surface area contributed by atoms with Gasteiger partial charge in [-0.3, -0.25) is 4.68 Å². The summed E-state index contributed by atoms with van der Waals surface area (Å²) in [7, 11) is 1.85. The summed E-state index contributed by atoms with van der Waals surface area (Å²) >= 11 is 0. The van der Waals surface area contributed by atoms with Crippen LogP contribution in [0.15, 0.2) is 48.5 Å². The topological polar surface area (TPSA) is 59.6 Å². The van der Waals surface area contributed by atoms with Gasteiger partial charge in [-0.1, -0.05) is 24.3 Å². The Hall–Kier alpha value is -2.75. The first-order valence-corrected chi connectivity index (χ1v) is 6.53. The zero-order valence-corrected chi connectivity index (χ0v) is 11.1. The number of para-hydroxylation sites is 1. The Kier molecular flexibility index (Phi) is 2.15. The van der Waals surface area contributed by atoms with Crippen LogP contribution in [0.4, 0.5) is 5.82 Å². The van der Waals surface area contributed by atoms with Crippen LogP contribution in [0.3, 0.4) is 0 Å². The maximum absolute atomic E-state index is 5.86. The molecule has 0 unspecified atom stereocenters. The maximum atomic E-state index is 5.86. The van der Waals surface area contributed by atoms with E-state index in [1.54, 1.807) is 4.68 Å². The number of anilines is 1. The second-order valence-electron chi connectivity index (χ2n) is 5.01. The molecule has 20 heavy (non-hydrogen) atoms. The molecule has 0 fully saturated rings. The predicted molar refractivity (Wildman–Crippen MR) is 82.4 cm³/mol. The quantitative estimate of drug-likeness (QED) is 0.553. The van der Waals surface area contributed by atoms with Crippen molar-refractivity contribution < 1.29 is 0 Å². The Morgan fingerprint density at radius 2 is 1.80 bits per heavy atom. The number of H-pyrrole nitrogens is 1. The molecule has 3 N–H and O–H groups in total. The van der Waals surface area contributed by atoms with Crippen LogP contribution in [-0.2, 0) is 7.05 Å². The molecule has 4 rings (SSSR count). The lowest BCUT2D eigenvalue weighted by molar-refractivity contribution is 0.782. The van der Waals surface area contributed by atoms with E-state index in [9.17, 15) is 0 Å². The predicted octanol–water partition coefficient (Wildman–Crippen LogP) is 3.30. The monoisotopic (exact) mass is 262 g/mol. The third-order valence-corrected chi connectivity index (χ3v) is 3.72. The lowest BCUT2D eigenvalue weighted by atomic mass is 10.1. The molecule has 0 atom stereocenters. The fourth-order valence-corrected chi connectivity index (χ4v) is 2.63. The number of hydrogen-bond acceptors (Lipinski definition) is 2. The average molecular weight is 262 g/mol. The molecule has 0 radical (unpaired) electrons. The molecule has 0 saturated carbocycles. The molecular weight excluding hydrogens is 248 g/mol. The summed E-state index contributed by atoms with van der Waals surface area (Å²) in [5, 5.41) is 6.87. The molecule has 0 saturated heterocycles. The minimum atomic E-state index is 0.666. The van der Waals surface area contributed by atoms with E-state index >= 15 is 0 Å². The summed E-state index contributed by atoms with van der Waals surface area (Å²) in [6.45, 7) is 0. The van der Waals surface area contributed by atoms with Gasteiger partial charge in [0.1, 0.15) is 5.82 Å². The molecule has 0 aliphatic rings. The molecule has 4 heteroatoms. The summed E-state index contributed by atoms with van der Waals surface area (Å²) in [6, 6.07) is 16.5. The number of aryl methyl sites for hydroxylation is 1. The van der Waals surface area contributed by atoms with Crippen molar-refractivity contribution in [2.45, 2.75) is 0 Å². The fraction of sp³-hybridized carbons (Fsp3) is 0.0625. The normalized spacial score (nSPS) is 11.4. The molecule has 0 spiro atoms. The molecule has 0 aliphatic carbocycles. The third kappa shape index (κ3) is 1.51. The molecule has 0 amide bonds. The number of nitrogen functional groups attached to an aromatic ring is 1. The van der Waals surface area contributed by atoms with E-state index in [1.165, 1.54) is 10.8 Å². The van der Waals surface area contributed by atoms with Gasteiger partial charge >= 0.3 is 0 Å². The van der Waals surface area contributed by atoms with Crippen molar-refractivity contribution in [1.82, 2.24) is 14.8 Å². The Morgan fingerprint density at radius 3 is 2.60 bits per heavy atom. The van der Waals surface area contributed by atoms with Gasteiger partial charge in [0.15, 0.2) is 0 Å². The Labute approximate surface area is 115 Å². The van der Waals surface area contributed by atoms with E-state index in [0.717, 1.165) is 22.3 Å². The number of benzene rings is 2. The van der Waals surface area contributed by atoms with E-state index in [0.29, 0.717) is 5.82 Å². The number of nitrogens with one attached hydrogen (secondary N) is 1. The van der Waals surface area contributed by atoms with Gasteiger partial charge in [0.2, 0.25) is 0 Å². The van der Waals surface area contributed by atoms with Crippen molar-refractivity contribution in [2.75, 3.05) is 5.73 Å². The zero-order chi connectivity index (χ0) is 13.7. The van der Waals surface area contributed by atoms with Crippen molar-refractivity contribution >= 4 is 27.6 Å². The fourth-order valence-electron chi connectivity index (χ4n) is 2.63. The summed E-state index contributed by atoms with van der Waals surface area (Å²) < 4.78 is 1.69. The van der Waals surface area contributed by atoms with Gasteiger partial charge in [0.25, 0.3) is 0 Å². The van der Waals surface area contributed by atoms with Crippen LogP contribution in [0.5, 0.6) is 0 Å². The van der Waals surface area contributed by atoms with Crippen LogP contribution in [0.25, 0.3) is 33.1 Å². The smallest absolute Gasteiger partial charge is 0.121 e. The van der Waals surface area contributed by atoms with Crippen molar-refractivity contribution in [2.24, 2.45) is 7.05 Å². The molecule has 2 aromatic heterocycles. The van der Waals surface area contributed by atoms with Crippen molar-refractivity contribution in [3.05, 3.63) is 48.5 Å². The Balaban J connectivity index is 1.99. The van der Waals surface area contributed by atoms with Gasteiger partial charge in [-0.2, -0.15) is 5.10 Å². The van der Waals surface area contributed by atoms with Crippen LogP contribution in [0, 0.1) is 0 Å². The molecule has 2 aromatic carbocycles. The van der Waals surface area contributed by atoms with Crippen molar-refractivity contribution in [3.63, 3.8) is 0 Å². The van der Waals surface area contributed by atoms with Gasteiger partial charge in [0, 0.05) is 40.5 Å². The number of nitrogens with zero attached hydrogens (tertiary/aromatic N) is 2. The first-order valence-electron chi connectivity index (χ1n) is 6.53. The largest absolute Gasteiger partial charge is 0.384 e. The highest BCUT2D eigenvalue weighted by Gasteiger charge is 2.08. The standard InChI is InChI=1S/C16H14N4/c1-20-16(17)9-15(19-20)10-6-7-14-12(8-10)11-4-2-3-5-13(11)18-14/h2-9,18H,17H2,1H3. The highest BCUT2D eigenvalue weighted by molar-refractivity contribution is 6.08. The summed E-state index contributed by atoms with van der Waals surface area (Å²) in [5.74, 6) is 0.666. The van der Waals surface area contributed by atoms with Gasteiger partial charge in [-0.15, -0.1) is 0 Å². The first kappa shape index (κ1) is 11.1. The number of hydrogen-bond donors (Lipinski definition) is 2. The van der Waals surface area contributed by atoms with Crippen LogP contribution in [0.1, 0.15) is 0 Å². The lowest BCUT2D eigenvalue weighted by Gasteiger charge is -1.97. The number of aromatic nitrogens is 3. The number of rotatable bonds is 1. The Morgan fingerprint density at radius 1 is 1.00 bits per heavy atom. The molecule has 0 bridgehead atoms. The highest BCUT2D eigenvalue weighted by Crippen LogP contribution is 2.29. The van der Waals surface area contributed by atoms with Crippen LogP contribution >= 0.6 is 0 Å². The zero-order valence-electron chi connectivity index (χ0n) is 11.1. The molecule has 0 aliphatic heterocycles. The lowest BCUT2D eigenvalue weighted by Crippen LogP contribution is -1.96. The summed E-state index contributed by atoms with van der Waals surface area (Å²) in [5.41, 5.74) is 10.1. The van der Waals surface area contributed by atoms with E-state index in [2.05, 4.69) is 46.5 Å². The molecule has 2 heterocycles. The number of aromatic amines is 1. The van der Waals surface area contributed by atoms with Crippen molar-refractivity contribution in [1.29, 1.82) is 0 Å². The van der Waals surface area contributed by atoms with Gasteiger partial charge in [0.05, 0.1) is 5.69 Å². The summed E-state index contributed by atoms with van der Waals surface area (Å²) in [4.78, 5) is 3.42. The van der Waals surface area contributed by atoms with Crippen LogP contribution in [0.2, 0.25) is 0 Å². The third-order valence-electron chi connectivity index (χ3n) is 3.72. The highest BCUT2D eigenvalue weighted by atomic mass is 15.3. The SMILES string of the molecule is Cn1nc(-c2ccc3[nH]c4ccccc4c3c2)cc1N. The van der Waals surface area contributed by atoms with Gasteiger partial charge < -0.3 is 10.7 Å². The van der Waals surface area contributed by atoms with E-state index in [-0.39, 0.29) is 0 Å². The molecule has 4 nitrogen and oxygen atoms in total. The average Bonchev–Trinajstić information content (AvgIpc) is 2.99. The first-order chi connectivity index (χ1) is 9.72. The van der Waals surface area contributed by atoms with Crippen LogP contribution < -0.4 is 5.73 Å². The van der Waals surface area contributed by atoms with Crippen molar-refractivity contribution in [3.8, 4) is 11.3 Å². The molecule has 98 valence electrons. The second-order valence-corrected chi connectivity index (χ2v) is 5.01. The van der Waals surface area contributed by atoms with E-state index < -0.39 is 0 Å². The van der Waals surface area contributed by atoms with E-state index in [4.69, 9.17) is 5.73 Å².